The van der Waals surface area contributed by atoms with E-state index in [1.807, 2.05) is 34.6 Å². The Morgan fingerprint density at radius 2 is 1.94 bits per heavy atom. The Kier molecular flexibility index (Phi) is 7.44. The van der Waals surface area contributed by atoms with Gasteiger partial charge in [0.15, 0.2) is 0 Å². The molecule has 3 nitrogen and oxygen atoms in total. The number of nitrogens with zero attached hydrogens (tertiary/aromatic N) is 1. The van der Waals surface area contributed by atoms with Crippen LogP contribution in [0.15, 0.2) is 0 Å². The molecule has 1 aliphatic heterocycles. The van der Waals surface area contributed by atoms with Crippen molar-refractivity contribution in [2.75, 3.05) is 13.1 Å². The average molecular weight is 243 g/mol. The fraction of sp³-hybridized carbons (Fsp3) is 0.929. The molecular weight excluding hydrogens is 214 g/mol. The Morgan fingerprint density at radius 3 is 2.41 bits per heavy atom. The Bertz CT molecular complexity index is 221. The van der Waals surface area contributed by atoms with Crippen LogP contribution in [0.4, 0.5) is 0 Å². The molecular formula is C14H29NO2. The van der Waals surface area contributed by atoms with Crippen LogP contribution < -0.4 is 0 Å². The molecule has 1 atom stereocenters. The molecule has 0 aliphatic carbocycles. The van der Waals surface area contributed by atoms with Gasteiger partial charge in [-0.1, -0.05) is 20.8 Å². The zero-order valence-electron chi connectivity index (χ0n) is 12.4. The van der Waals surface area contributed by atoms with E-state index in [9.17, 15) is 4.79 Å². The van der Waals surface area contributed by atoms with Gasteiger partial charge in [0, 0.05) is 0 Å². The van der Waals surface area contributed by atoms with E-state index in [2.05, 4.69) is 11.8 Å². The molecule has 1 unspecified atom stereocenters. The maximum Gasteiger partial charge on any atom is 0.323 e. The highest BCUT2D eigenvalue weighted by atomic mass is 16.6. The third-order valence-corrected chi connectivity index (χ3v) is 2.55. The number of hydrogen-bond donors (Lipinski definition) is 0. The minimum atomic E-state index is -0.364. The summed E-state index contributed by atoms with van der Waals surface area (Å²) < 4.78 is 5.42. The van der Waals surface area contributed by atoms with Gasteiger partial charge in [-0.2, -0.15) is 0 Å². The quantitative estimate of drug-likeness (QED) is 0.713. The van der Waals surface area contributed by atoms with Gasteiger partial charge >= 0.3 is 5.97 Å². The van der Waals surface area contributed by atoms with Crippen molar-refractivity contribution in [1.82, 2.24) is 4.90 Å². The molecule has 102 valence electrons. The largest absolute Gasteiger partial charge is 0.459 e. The highest BCUT2D eigenvalue weighted by Gasteiger charge is 2.33. The van der Waals surface area contributed by atoms with Gasteiger partial charge in [0.2, 0.25) is 0 Å². The Balaban J connectivity index is 0.00000121. The summed E-state index contributed by atoms with van der Waals surface area (Å²) in [4.78, 5) is 14.1. The van der Waals surface area contributed by atoms with Crippen molar-refractivity contribution < 1.29 is 9.53 Å². The van der Waals surface area contributed by atoms with Crippen molar-refractivity contribution in [2.45, 2.75) is 72.4 Å². The smallest absolute Gasteiger partial charge is 0.323 e. The van der Waals surface area contributed by atoms with E-state index in [0.717, 1.165) is 32.4 Å². The monoisotopic (exact) mass is 243 g/mol. The maximum atomic E-state index is 11.9. The number of carbonyl (C=O) groups excluding carboxylic acids is 1. The highest BCUT2D eigenvalue weighted by molar-refractivity contribution is 5.76. The lowest BCUT2D eigenvalue weighted by Gasteiger charge is -2.26. The van der Waals surface area contributed by atoms with Crippen molar-refractivity contribution in [2.24, 2.45) is 0 Å². The molecule has 1 saturated heterocycles. The standard InChI is InChI=1S/C12H23NO2.C2H6/c1-5-8-13-9-6-7-10(13)11(14)15-12(2,3)4;1-2/h10H,5-9H2,1-4H3;1-2H3. The second kappa shape index (κ2) is 7.70. The molecule has 1 aliphatic rings. The Labute approximate surface area is 107 Å². The lowest BCUT2D eigenvalue weighted by molar-refractivity contribution is -0.160. The fourth-order valence-electron chi connectivity index (χ4n) is 2.02. The number of likely N-dealkylation sites (tertiary alicyclic amines) is 1. The Hall–Kier alpha value is -0.570. The van der Waals surface area contributed by atoms with E-state index >= 15 is 0 Å². The van der Waals surface area contributed by atoms with Crippen LogP contribution in [0.5, 0.6) is 0 Å². The van der Waals surface area contributed by atoms with Gasteiger partial charge in [-0.05, 0) is 53.1 Å². The third-order valence-electron chi connectivity index (χ3n) is 2.55. The van der Waals surface area contributed by atoms with E-state index in [-0.39, 0.29) is 17.6 Å². The minimum absolute atomic E-state index is 0.00387. The molecule has 1 rings (SSSR count). The molecule has 0 bridgehead atoms. The summed E-state index contributed by atoms with van der Waals surface area (Å²) in [5.41, 5.74) is -0.364. The molecule has 0 saturated carbocycles. The third kappa shape index (κ3) is 6.06. The number of ether oxygens (including phenoxy) is 1. The molecule has 0 N–H and O–H groups in total. The first-order valence-corrected chi connectivity index (χ1v) is 6.91. The minimum Gasteiger partial charge on any atom is -0.459 e. The molecule has 0 spiro atoms. The molecule has 17 heavy (non-hydrogen) atoms. The lowest BCUT2D eigenvalue weighted by atomic mass is 10.1. The first kappa shape index (κ1) is 16.4. The van der Waals surface area contributed by atoms with Gasteiger partial charge in [-0.15, -0.1) is 0 Å². The van der Waals surface area contributed by atoms with Crippen LogP contribution in [0.25, 0.3) is 0 Å². The lowest BCUT2D eigenvalue weighted by Crippen LogP contribution is -2.40. The van der Waals surface area contributed by atoms with Crippen LogP contribution >= 0.6 is 0 Å². The topological polar surface area (TPSA) is 29.5 Å². The van der Waals surface area contributed by atoms with E-state index in [1.165, 1.54) is 0 Å². The van der Waals surface area contributed by atoms with Crippen LogP contribution in [-0.4, -0.2) is 35.6 Å². The predicted molar refractivity (Wildman–Crippen MR) is 72.1 cm³/mol. The molecule has 0 aromatic heterocycles. The van der Waals surface area contributed by atoms with Gasteiger partial charge in [-0.25, -0.2) is 0 Å². The zero-order chi connectivity index (χ0) is 13.5. The number of rotatable bonds is 3. The van der Waals surface area contributed by atoms with E-state index < -0.39 is 0 Å². The summed E-state index contributed by atoms with van der Waals surface area (Å²) >= 11 is 0. The van der Waals surface area contributed by atoms with E-state index in [1.54, 1.807) is 0 Å². The SMILES string of the molecule is CC.CCCN1CCCC1C(=O)OC(C)(C)C. The highest BCUT2D eigenvalue weighted by Crippen LogP contribution is 2.20. The van der Waals surface area contributed by atoms with Crippen molar-refractivity contribution in [3.63, 3.8) is 0 Å². The van der Waals surface area contributed by atoms with Gasteiger partial charge in [-0.3, -0.25) is 9.69 Å². The summed E-state index contributed by atoms with van der Waals surface area (Å²) in [5, 5.41) is 0. The first-order chi connectivity index (χ1) is 7.94. The van der Waals surface area contributed by atoms with Gasteiger partial charge < -0.3 is 4.74 Å². The summed E-state index contributed by atoms with van der Waals surface area (Å²) in [6.45, 7) is 13.9. The van der Waals surface area contributed by atoms with Crippen LogP contribution in [0.2, 0.25) is 0 Å². The predicted octanol–water partition coefficient (Wildman–Crippen LogP) is 3.23. The Morgan fingerprint density at radius 1 is 1.35 bits per heavy atom. The van der Waals surface area contributed by atoms with Crippen molar-refractivity contribution in [3.05, 3.63) is 0 Å². The normalized spacial score (nSPS) is 20.7. The number of hydrogen-bond acceptors (Lipinski definition) is 3. The molecule has 0 amide bonds. The van der Waals surface area contributed by atoms with Crippen molar-refractivity contribution in [1.29, 1.82) is 0 Å². The van der Waals surface area contributed by atoms with Gasteiger partial charge in [0.25, 0.3) is 0 Å². The first-order valence-electron chi connectivity index (χ1n) is 6.91. The van der Waals surface area contributed by atoms with Gasteiger partial charge in [0.1, 0.15) is 11.6 Å². The molecule has 1 fully saturated rings. The number of esters is 1. The van der Waals surface area contributed by atoms with E-state index in [0.29, 0.717) is 0 Å². The summed E-state index contributed by atoms with van der Waals surface area (Å²) in [6.07, 6.45) is 3.16. The zero-order valence-corrected chi connectivity index (χ0v) is 12.4. The fourth-order valence-corrected chi connectivity index (χ4v) is 2.02. The maximum absolute atomic E-state index is 11.9. The average Bonchev–Trinajstić information content (AvgIpc) is 2.67. The summed E-state index contributed by atoms with van der Waals surface area (Å²) in [5.74, 6) is -0.0477. The second-order valence-corrected chi connectivity index (χ2v) is 5.23. The van der Waals surface area contributed by atoms with E-state index in [4.69, 9.17) is 4.74 Å². The summed E-state index contributed by atoms with van der Waals surface area (Å²) in [6, 6.07) is 0.00387. The van der Waals surface area contributed by atoms with Crippen LogP contribution in [0, 0.1) is 0 Å². The molecule has 0 aromatic rings. The number of carbonyl (C=O) groups is 1. The van der Waals surface area contributed by atoms with Crippen molar-refractivity contribution >= 4 is 5.97 Å². The molecule has 3 heteroatoms. The summed E-state index contributed by atoms with van der Waals surface area (Å²) in [7, 11) is 0. The van der Waals surface area contributed by atoms with Crippen LogP contribution in [0.1, 0.15) is 60.8 Å². The van der Waals surface area contributed by atoms with Crippen molar-refractivity contribution in [3.8, 4) is 0 Å². The molecule has 0 radical (unpaired) electrons. The van der Waals surface area contributed by atoms with Crippen LogP contribution in [0.3, 0.4) is 0 Å². The van der Waals surface area contributed by atoms with Gasteiger partial charge in [0.05, 0.1) is 0 Å². The molecule has 1 heterocycles. The second-order valence-electron chi connectivity index (χ2n) is 5.23. The van der Waals surface area contributed by atoms with Crippen LogP contribution in [-0.2, 0) is 9.53 Å². The molecule has 0 aromatic carbocycles.